The lowest BCUT2D eigenvalue weighted by Crippen LogP contribution is -2.19. The second kappa shape index (κ2) is 3.61. The van der Waals surface area contributed by atoms with Gasteiger partial charge in [-0.2, -0.15) is 8.42 Å². The third kappa shape index (κ3) is 10.0. The highest BCUT2D eigenvalue weighted by atomic mass is 32.2. The van der Waals surface area contributed by atoms with Gasteiger partial charge in [0.05, 0.1) is 5.75 Å². The molecule has 0 aliphatic carbocycles. The largest absolute Gasteiger partial charge is 0.400 e. The Balaban J connectivity index is 3.70. The number of rotatable bonds is 4. The fourth-order valence-corrected chi connectivity index (χ4v) is 1.23. The maximum atomic E-state index is 10.0. The van der Waals surface area contributed by atoms with Gasteiger partial charge in [0.2, 0.25) is 0 Å². The van der Waals surface area contributed by atoms with Gasteiger partial charge in [0.15, 0.2) is 0 Å². The highest BCUT2D eigenvalue weighted by Crippen LogP contribution is 2.27. The van der Waals surface area contributed by atoms with Crippen molar-refractivity contribution in [1.29, 1.82) is 0 Å². The molecule has 0 spiro atoms. The molecule has 0 aromatic carbocycles. The van der Waals surface area contributed by atoms with Crippen LogP contribution in [0.1, 0.15) is 0 Å². The minimum absolute atomic E-state index is 0.483. The van der Waals surface area contributed by atoms with Crippen molar-refractivity contribution in [3.05, 3.63) is 0 Å². The molecule has 0 rings (SSSR count). The average molecular weight is 205 g/mol. The molecule has 0 unspecified atom stereocenters. The van der Waals surface area contributed by atoms with Crippen LogP contribution in [0, 0.1) is 0 Å². The first-order valence-electron chi connectivity index (χ1n) is 2.46. The summed E-state index contributed by atoms with van der Waals surface area (Å²) in [4.78, 5) is 16.3. The number of hydrogen-bond donors (Lipinski definition) is 4. The highest BCUT2D eigenvalue weighted by molar-refractivity contribution is 7.85. The van der Waals surface area contributed by atoms with Gasteiger partial charge in [0.25, 0.3) is 10.1 Å². The van der Waals surface area contributed by atoms with Crippen molar-refractivity contribution < 1.29 is 27.3 Å². The summed E-state index contributed by atoms with van der Waals surface area (Å²) in [5.74, 6) is -0.724. The Labute approximate surface area is 63.4 Å². The quantitative estimate of drug-likeness (QED) is 0.327. The van der Waals surface area contributed by atoms with E-state index in [0.717, 1.165) is 0 Å². The molecule has 0 bridgehead atoms. The summed E-state index contributed by atoms with van der Waals surface area (Å²) < 4.78 is 38.1. The molecule has 0 heterocycles. The lowest BCUT2D eigenvalue weighted by molar-refractivity contribution is 0.359. The van der Waals surface area contributed by atoms with Crippen LogP contribution < -0.4 is 5.09 Å². The SMILES string of the molecule is O=P(O)(O)NCCS(=O)(=O)O. The van der Waals surface area contributed by atoms with E-state index in [4.69, 9.17) is 14.3 Å². The van der Waals surface area contributed by atoms with Gasteiger partial charge in [0.1, 0.15) is 0 Å². The van der Waals surface area contributed by atoms with Crippen molar-refractivity contribution in [1.82, 2.24) is 5.09 Å². The molecule has 0 aromatic rings. The Morgan fingerprint density at radius 1 is 1.36 bits per heavy atom. The minimum Gasteiger partial charge on any atom is -0.313 e. The topological polar surface area (TPSA) is 124 Å². The van der Waals surface area contributed by atoms with Crippen LogP contribution in [-0.4, -0.2) is 35.1 Å². The van der Waals surface area contributed by atoms with E-state index < -0.39 is 30.2 Å². The van der Waals surface area contributed by atoms with Crippen molar-refractivity contribution in [3.8, 4) is 0 Å². The van der Waals surface area contributed by atoms with Crippen LogP contribution in [0.25, 0.3) is 0 Å². The average Bonchev–Trinajstić information content (AvgIpc) is 1.55. The predicted molar refractivity (Wildman–Crippen MR) is 36.5 cm³/mol. The van der Waals surface area contributed by atoms with Gasteiger partial charge in [0, 0.05) is 6.54 Å². The summed E-state index contributed by atoms with van der Waals surface area (Å²) in [5.41, 5.74) is 0. The molecule has 68 valence electrons. The Morgan fingerprint density at radius 3 is 2.09 bits per heavy atom. The van der Waals surface area contributed by atoms with Crippen LogP contribution in [0.15, 0.2) is 0 Å². The molecular formula is C2H8NO6PS. The van der Waals surface area contributed by atoms with E-state index in [9.17, 15) is 13.0 Å². The number of nitrogens with one attached hydrogen (secondary N) is 1. The van der Waals surface area contributed by atoms with E-state index >= 15 is 0 Å². The van der Waals surface area contributed by atoms with Crippen LogP contribution >= 0.6 is 7.75 Å². The van der Waals surface area contributed by atoms with E-state index in [2.05, 4.69) is 0 Å². The third-order valence-electron chi connectivity index (χ3n) is 0.678. The molecule has 11 heavy (non-hydrogen) atoms. The van der Waals surface area contributed by atoms with Gasteiger partial charge in [-0.1, -0.05) is 0 Å². The zero-order valence-corrected chi connectivity index (χ0v) is 7.05. The molecule has 0 aromatic heterocycles. The molecular weight excluding hydrogens is 197 g/mol. The minimum atomic E-state index is -4.38. The van der Waals surface area contributed by atoms with Gasteiger partial charge in [-0.15, -0.1) is 0 Å². The zero-order chi connectivity index (χ0) is 9.12. The molecule has 4 N–H and O–H groups in total. The van der Waals surface area contributed by atoms with Crippen molar-refractivity contribution in [2.24, 2.45) is 0 Å². The molecule has 0 aliphatic rings. The van der Waals surface area contributed by atoms with Gasteiger partial charge >= 0.3 is 7.75 Å². The lowest BCUT2D eigenvalue weighted by atomic mass is 10.8. The fourth-order valence-electron chi connectivity index (χ4n) is 0.320. The third-order valence-corrected chi connectivity index (χ3v) is 2.03. The first-order chi connectivity index (χ1) is 4.71. The summed E-state index contributed by atoms with van der Waals surface area (Å²) in [5, 5.41) is 1.61. The summed E-state index contributed by atoms with van der Waals surface area (Å²) >= 11 is 0. The summed E-state index contributed by atoms with van der Waals surface area (Å²) in [6.45, 7) is -0.483. The van der Waals surface area contributed by atoms with Crippen LogP contribution in [0.5, 0.6) is 0 Å². The summed E-state index contributed by atoms with van der Waals surface area (Å²) in [6.07, 6.45) is 0. The summed E-state index contributed by atoms with van der Waals surface area (Å²) in [7, 11) is -8.53. The fraction of sp³-hybridized carbons (Fsp3) is 1.00. The Bertz CT molecular complexity index is 252. The second-order valence-electron chi connectivity index (χ2n) is 1.74. The van der Waals surface area contributed by atoms with E-state index in [-0.39, 0.29) is 0 Å². The maximum absolute atomic E-state index is 10.0. The molecule has 0 atom stereocenters. The van der Waals surface area contributed by atoms with Crippen molar-refractivity contribution in [2.45, 2.75) is 0 Å². The first-order valence-corrected chi connectivity index (χ1v) is 5.69. The molecule has 0 fully saturated rings. The molecule has 0 aliphatic heterocycles. The highest BCUT2D eigenvalue weighted by Gasteiger charge is 2.13. The maximum Gasteiger partial charge on any atom is 0.400 e. The van der Waals surface area contributed by atoms with E-state index in [1.165, 1.54) is 0 Å². The zero-order valence-electron chi connectivity index (χ0n) is 5.34. The smallest absolute Gasteiger partial charge is 0.313 e. The lowest BCUT2D eigenvalue weighted by Gasteiger charge is -2.03. The molecule has 9 heteroatoms. The van der Waals surface area contributed by atoms with Crippen molar-refractivity contribution >= 4 is 17.9 Å². The Morgan fingerprint density at radius 2 is 1.82 bits per heavy atom. The second-order valence-corrected chi connectivity index (χ2v) is 4.71. The van der Waals surface area contributed by atoms with Crippen LogP contribution in [-0.2, 0) is 14.7 Å². The molecule has 0 amide bonds. The Kier molecular flexibility index (Phi) is 3.62. The van der Waals surface area contributed by atoms with Gasteiger partial charge in [-0.3, -0.25) is 4.55 Å². The first kappa shape index (κ1) is 11.0. The molecule has 0 radical (unpaired) electrons. The molecule has 0 saturated carbocycles. The predicted octanol–water partition coefficient (Wildman–Crippen LogP) is -1.44. The van der Waals surface area contributed by atoms with E-state index in [1.807, 2.05) is 0 Å². The van der Waals surface area contributed by atoms with Crippen LogP contribution in [0.4, 0.5) is 0 Å². The van der Waals surface area contributed by atoms with Crippen molar-refractivity contribution in [2.75, 3.05) is 12.3 Å². The normalized spacial score (nSPS) is 13.4. The summed E-state index contributed by atoms with van der Waals surface area (Å²) in [6, 6.07) is 0. The molecule has 0 saturated heterocycles. The van der Waals surface area contributed by atoms with Gasteiger partial charge < -0.3 is 9.79 Å². The monoisotopic (exact) mass is 205 g/mol. The Hall–Kier alpha value is 0.0200. The van der Waals surface area contributed by atoms with Crippen molar-refractivity contribution in [3.63, 3.8) is 0 Å². The standard InChI is InChI=1S/C2H8NO6PS/c4-10(5,6)3-1-2-11(7,8)9/h1-2H2,(H,7,8,9)(H3,3,4,5,6). The molecule has 7 nitrogen and oxygen atoms in total. The van der Waals surface area contributed by atoms with E-state index in [0.29, 0.717) is 0 Å². The van der Waals surface area contributed by atoms with E-state index in [1.54, 1.807) is 5.09 Å². The van der Waals surface area contributed by atoms with Gasteiger partial charge in [-0.25, -0.2) is 9.65 Å². The van der Waals surface area contributed by atoms with Gasteiger partial charge in [-0.05, 0) is 0 Å². The number of hydrogen-bond acceptors (Lipinski definition) is 3. The van der Waals surface area contributed by atoms with Crippen LogP contribution in [0.2, 0.25) is 0 Å². The van der Waals surface area contributed by atoms with Crippen LogP contribution in [0.3, 0.4) is 0 Å².